The van der Waals surface area contributed by atoms with Crippen LogP contribution in [0.4, 0.5) is 26.4 Å². The van der Waals surface area contributed by atoms with Gasteiger partial charge >= 0.3 is 6.03 Å². The van der Waals surface area contributed by atoms with Crippen LogP contribution in [0.3, 0.4) is 0 Å². The number of halogens is 1. The number of carbonyl (C=O) groups is 2. The lowest BCUT2D eigenvalue weighted by molar-refractivity contribution is -0.114. The highest BCUT2D eigenvalue weighted by atomic mass is 19.1. The standard InChI is InChI=1S/C30H32FN7O3/c1-18(2)38-17-27(29(36-38)21-6-5-20-10-12-37(4)16-22(20)13-21)35-30(40)34-26-8-7-23(14-25(26)31)41-24-9-11-32-28(15-24)33-19(3)39/h5-9,11,13-15,17-18H,10,12,16H2,1-4H3,(H,32,33,39)(H2,34,35,40). The topological polar surface area (TPSA) is 113 Å². The summed E-state index contributed by atoms with van der Waals surface area (Å²) in [6, 6.07) is 13.0. The molecule has 11 heteroatoms. The van der Waals surface area contributed by atoms with Crippen molar-refractivity contribution in [1.29, 1.82) is 0 Å². The number of rotatable bonds is 7. The van der Waals surface area contributed by atoms with E-state index in [4.69, 9.17) is 9.84 Å². The van der Waals surface area contributed by atoms with E-state index in [1.165, 1.54) is 48.5 Å². The highest BCUT2D eigenvalue weighted by molar-refractivity contribution is 6.02. The molecule has 0 fully saturated rings. The molecule has 3 amide bonds. The summed E-state index contributed by atoms with van der Waals surface area (Å²) in [6.07, 6.45) is 4.24. The summed E-state index contributed by atoms with van der Waals surface area (Å²) in [5, 5.41) is 12.7. The van der Waals surface area contributed by atoms with Gasteiger partial charge in [-0.05, 0) is 62.7 Å². The summed E-state index contributed by atoms with van der Waals surface area (Å²) in [6.45, 7) is 7.26. The zero-order chi connectivity index (χ0) is 29.1. The van der Waals surface area contributed by atoms with Crippen LogP contribution in [0, 0.1) is 5.82 Å². The molecule has 41 heavy (non-hydrogen) atoms. The van der Waals surface area contributed by atoms with E-state index < -0.39 is 11.8 Å². The molecule has 5 rings (SSSR count). The number of aromatic nitrogens is 3. The molecule has 10 nitrogen and oxygen atoms in total. The fourth-order valence-corrected chi connectivity index (χ4v) is 4.60. The molecule has 0 bridgehead atoms. The molecule has 2 aromatic heterocycles. The number of nitrogens with one attached hydrogen (secondary N) is 3. The highest BCUT2D eigenvalue weighted by Crippen LogP contribution is 2.32. The second-order valence-corrected chi connectivity index (χ2v) is 10.3. The van der Waals surface area contributed by atoms with Crippen LogP contribution in [0.15, 0.2) is 60.9 Å². The van der Waals surface area contributed by atoms with Crippen molar-refractivity contribution in [1.82, 2.24) is 19.7 Å². The highest BCUT2D eigenvalue weighted by Gasteiger charge is 2.19. The Bertz CT molecular complexity index is 1600. The van der Waals surface area contributed by atoms with Crippen molar-refractivity contribution in [2.75, 3.05) is 29.5 Å². The van der Waals surface area contributed by atoms with Gasteiger partial charge in [0.2, 0.25) is 5.91 Å². The molecule has 0 radical (unpaired) electrons. The van der Waals surface area contributed by atoms with Gasteiger partial charge in [-0.25, -0.2) is 14.2 Å². The second-order valence-electron chi connectivity index (χ2n) is 10.3. The summed E-state index contributed by atoms with van der Waals surface area (Å²) in [5.41, 5.74) is 4.62. The largest absolute Gasteiger partial charge is 0.457 e. The van der Waals surface area contributed by atoms with Crippen LogP contribution in [-0.4, -0.2) is 45.2 Å². The third-order valence-corrected chi connectivity index (χ3v) is 6.65. The third-order valence-electron chi connectivity index (χ3n) is 6.65. The minimum Gasteiger partial charge on any atom is -0.457 e. The number of hydrogen-bond acceptors (Lipinski definition) is 6. The molecule has 0 saturated heterocycles. The Labute approximate surface area is 237 Å². The van der Waals surface area contributed by atoms with Crippen molar-refractivity contribution < 1.29 is 18.7 Å². The van der Waals surface area contributed by atoms with Gasteiger partial charge in [0.05, 0.1) is 11.4 Å². The molecule has 3 heterocycles. The van der Waals surface area contributed by atoms with E-state index >= 15 is 0 Å². The predicted molar refractivity (Wildman–Crippen MR) is 156 cm³/mol. The minimum absolute atomic E-state index is 0.0156. The maximum Gasteiger partial charge on any atom is 0.323 e. The van der Waals surface area contributed by atoms with Crippen LogP contribution in [-0.2, 0) is 17.8 Å². The number of nitrogens with zero attached hydrogens (tertiary/aromatic N) is 4. The molecule has 0 aliphatic carbocycles. The normalized spacial score (nSPS) is 13.0. The van der Waals surface area contributed by atoms with Crippen LogP contribution in [0.1, 0.15) is 37.9 Å². The van der Waals surface area contributed by atoms with Crippen LogP contribution in [0.2, 0.25) is 0 Å². The van der Waals surface area contributed by atoms with E-state index in [9.17, 15) is 14.0 Å². The molecule has 1 aliphatic heterocycles. The Morgan fingerprint density at radius 2 is 1.76 bits per heavy atom. The number of amides is 3. The molecular formula is C30H32FN7O3. The molecule has 0 unspecified atom stereocenters. The second kappa shape index (κ2) is 11.8. The van der Waals surface area contributed by atoms with Gasteiger partial charge in [0.25, 0.3) is 0 Å². The average molecular weight is 558 g/mol. The summed E-state index contributed by atoms with van der Waals surface area (Å²) in [7, 11) is 2.10. The minimum atomic E-state index is -0.675. The summed E-state index contributed by atoms with van der Waals surface area (Å²) < 4.78 is 22.4. The average Bonchev–Trinajstić information content (AvgIpc) is 3.33. The number of anilines is 3. The smallest absolute Gasteiger partial charge is 0.323 e. The van der Waals surface area contributed by atoms with Gasteiger partial charge in [0.15, 0.2) is 0 Å². The van der Waals surface area contributed by atoms with Gasteiger partial charge in [-0.15, -0.1) is 0 Å². The quantitative estimate of drug-likeness (QED) is 0.255. The molecule has 2 aromatic carbocycles. The number of carbonyl (C=O) groups excluding carboxylic acids is 2. The van der Waals surface area contributed by atoms with Gasteiger partial charge in [0.1, 0.15) is 28.8 Å². The van der Waals surface area contributed by atoms with Crippen molar-refractivity contribution in [3.8, 4) is 22.8 Å². The van der Waals surface area contributed by atoms with Gasteiger partial charge in [-0.2, -0.15) is 5.10 Å². The van der Waals surface area contributed by atoms with Crippen LogP contribution in [0.25, 0.3) is 11.3 Å². The first kappa shape index (κ1) is 27.8. The molecule has 212 valence electrons. The fourth-order valence-electron chi connectivity index (χ4n) is 4.60. The van der Waals surface area contributed by atoms with Gasteiger partial charge < -0.3 is 25.6 Å². The van der Waals surface area contributed by atoms with Crippen molar-refractivity contribution >= 4 is 29.1 Å². The van der Waals surface area contributed by atoms with E-state index in [2.05, 4.69) is 45.0 Å². The Morgan fingerprint density at radius 1 is 0.976 bits per heavy atom. The van der Waals surface area contributed by atoms with Gasteiger partial charge in [0, 0.05) is 56.1 Å². The maximum atomic E-state index is 14.9. The summed E-state index contributed by atoms with van der Waals surface area (Å²) in [4.78, 5) is 30.5. The molecule has 0 saturated carbocycles. The third kappa shape index (κ3) is 6.69. The van der Waals surface area contributed by atoms with Crippen molar-refractivity contribution in [3.63, 3.8) is 0 Å². The van der Waals surface area contributed by atoms with E-state index in [-0.39, 0.29) is 23.4 Å². The zero-order valence-electron chi connectivity index (χ0n) is 23.4. The SMILES string of the molecule is CC(=O)Nc1cc(Oc2ccc(NC(=O)Nc3cn(C(C)C)nc3-c3ccc4c(c3)CN(C)CC4)c(F)c2)ccn1. The van der Waals surface area contributed by atoms with Crippen LogP contribution in [0.5, 0.6) is 11.5 Å². The number of likely N-dealkylation sites (N-methyl/N-ethyl adjacent to an activating group) is 1. The first-order chi connectivity index (χ1) is 19.6. The Balaban J connectivity index is 1.31. The fraction of sp³-hybridized carbons (Fsp3) is 0.267. The molecule has 4 aromatic rings. The lowest BCUT2D eigenvalue weighted by atomic mass is 9.96. The number of fused-ring (bicyclic) bond motifs is 1. The summed E-state index contributed by atoms with van der Waals surface area (Å²) >= 11 is 0. The summed E-state index contributed by atoms with van der Waals surface area (Å²) in [5.74, 6) is -0.0512. The van der Waals surface area contributed by atoms with Crippen LogP contribution < -0.4 is 20.7 Å². The van der Waals surface area contributed by atoms with E-state index in [1.54, 1.807) is 16.9 Å². The van der Waals surface area contributed by atoms with Crippen LogP contribution >= 0.6 is 0 Å². The van der Waals surface area contributed by atoms with Crippen molar-refractivity contribution in [2.24, 2.45) is 0 Å². The first-order valence-corrected chi connectivity index (χ1v) is 13.3. The number of urea groups is 1. The van der Waals surface area contributed by atoms with Crippen molar-refractivity contribution in [2.45, 2.75) is 39.8 Å². The van der Waals surface area contributed by atoms with E-state index in [0.717, 1.165) is 25.1 Å². The number of benzene rings is 2. The van der Waals surface area contributed by atoms with E-state index in [1.807, 2.05) is 19.9 Å². The maximum absolute atomic E-state index is 14.9. The molecule has 0 atom stereocenters. The number of pyridine rings is 1. The van der Waals surface area contributed by atoms with E-state index in [0.29, 0.717) is 22.9 Å². The molecular weight excluding hydrogens is 525 g/mol. The lowest BCUT2D eigenvalue weighted by Crippen LogP contribution is -2.26. The first-order valence-electron chi connectivity index (χ1n) is 13.3. The van der Waals surface area contributed by atoms with Gasteiger partial charge in [-0.3, -0.25) is 9.48 Å². The number of ether oxygens (including phenoxy) is 1. The predicted octanol–water partition coefficient (Wildman–Crippen LogP) is 6.05. The Hall–Kier alpha value is -4.77. The lowest BCUT2D eigenvalue weighted by Gasteiger charge is -2.25. The Kier molecular flexibility index (Phi) is 7.97. The Morgan fingerprint density at radius 3 is 2.51 bits per heavy atom. The van der Waals surface area contributed by atoms with Gasteiger partial charge in [-0.1, -0.05) is 12.1 Å². The number of hydrogen-bond donors (Lipinski definition) is 3. The molecule has 1 aliphatic rings. The molecule has 0 spiro atoms. The zero-order valence-corrected chi connectivity index (χ0v) is 23.4. The van der Waals surface area contributed by atoms with Crippen molar-refractivity contribution in [3.05, 3.63) is 77.9 Å². The monoisotopic (exact) mass is 557 g/mol. The molecule has 3 N–H and O–H groups in total.